The zero-order chi connectivity index (χ0) is 33.6. The number of esters is 1. The van der Waals surface area contributed by atoms with Crippen molar-refractivity contribution in [1.82, 2.24) is 4.90 Å². The van der Waals surface area contributed by atoms with Gasteiger partial charge in [0.05, 0.1) is 24.5 Å². The van der Waals surface area contributed by atoms with E-state index in [0.717, 1.165) is 15.9 Å². The number of hydrogen-bond acceptors (Lipinski definition) is 6. The van der Waals surface area contributed by atoms with Gasteiger partial charge in [0.25, 0.3) is 0 Å². The van der Waals surface area contributed by atoms with E-state index >= 15 is 0 Å². The average Bonchev–Trinajstić information content (AvgIpc) is 3.08. The molecule has 0 bridgehead atoms. The summed E-state index contributed by atoms with van der Waals surface area (Å²) in [5.74, 6) is -2.88. The van der Waals surface area contributed by atoms with Gasteiger partial charge in [0, 0.05) is 18.9 Å². The highest BCUT2D eigenvalue weighted by Gasteiger charge is 2.55. The molecule has 1 aliphatic rings. The summed E-state index contributed by atoms with van der Waals surface area (Å²) < 4.78 is 5.76. The Hall–Kier alpha value is -5.04. The molecule has 0 spiro atoms. The maximum Gasteiger partial charge on any atom is 0.356 e. The molecule has 3 atom stereocenters. The van der Waals surface area contributed by atoms with Gasteiger partial charge in [0.1, 0.15) is 12.0 Å². The van der Waals surface area contributed by atoms with Crippen molar-refractivity contribution in [3.63, 3.8) is 0 Å². The molecule has 1 heterocycles. The summed E-state index contributed by atoms with van der Waals surface area (Å²) in [7, 11) is 0. The van der Waals surface area contributed by atoms with Crippen LogP contribution in [0.25, 0.3) is 0 Å². The molecule has 0 radical (unpaired) electrons. The van der Waals surface area contributed by atoms with Crippen LogP contribution in [-0.4, -0.2) is 57.7 Å². The molecule has 5 rings (SSSR count). The van der Waals surface area contributed by atoms with Gasteiger partial charge in [-0.05, 0) is 28.4 Å². The fourth-order valence-electron chi connectivity index (χ4n) is 6.26. The molecule has 0 aliphatic carbocycles. The lowest BCUT2D eigenvalue weighted by Crippen LogP contribution is -2.68. The number of nitrogens with two attached hydrogens (primary N) is 1. The molecule has 4 aromatic carbocycles. The number of carbonyl (C=O) groups excluding carboxylic acids is 4. The van der Waals surface area contributed by atoms with Crippen molar-refractivity contribution in [1.29, 1.82) is 0 Å². The van der Waals surface area contributed by atoms with Crippen molar-refractivity contribution < 1.29 is 29.0 Å². The van der Waals surface area contributed by atoms with Gasteiger partial charge in [-0.15, -0.1) is 0 Å². The van der Waals surface area contributed by atoms with Gasteiger partial charge in [-0.1, -0.05) is 128 Å². The SMILES string of the molecule is C=CCOC(=O)C(N1C(=O)[C@H]([C@@H](C)O)[C@H]1CC(=O)c1ccc(CC(N)=O)cc1)=P(c1ccccc1)(c1ccccc1)c1ccccc1. The number of ketones is 1. The van der Waals surface area contributed by atoms with E-state index in [1.807, 2.05) is 91.0 Å². The molecule has 1 saturated heterocycles. The monoisotopic (exact) mass is 648 g/mol. The lowest BCUT2D eigenvalue weighted by molar-refractivity contribution is -0.157. The predicted molar refractivity (Wildman–Crippen MR) is 185 cm³/mol. The highest BCUT2D eigenvalue weighted by Crippen LogP contribution is 2.50. The zero-order valence-corrected chi connectivity index (χ0v) is 27.0. The summed E-state index contributed by atoms with van der Waals surface area (Å²) in [6.45, 7) is 1.95. The summed E-state index contributed by atoms with van der Waals surface area (Å²) in [6, 6.07) is 34.4. The van der Waals surface area contributed by atoms with E-state index in [-0.39, 0.29) is 30.6 Å². The molecule has 1 aliphatic heterocycles. The predicted octanol–water partition coefficient (Wildman–Crippen LogP) is 3.35. The van der Waals surface area contributed by atoms with Crippen molar-refractivity contribution in [3.05, 3.63) is 139 Å². The molecule has 3 N–H and O–H groups in total. The Balaban J connectivity index is 1.78. The van der Waals surface area contributed by atoms with Crippen LogP contribution >= 0.6 is 6.89 Å². The van der Waals surface area contributed by atoms with Crippen LogP contribution < -0.4 is 21.6 Å². The van der Waals surface area contributed by atoms with E-state index in [4.69, 9.17) is 10.5 Å². The van der Waals surface area contributed by atoms with Gasteiger partial charge in [-0.2, -0.15) is 0 Å². The molecule has 0 unspecified atom stereocenters. The maximum absolute atomic E-state index is 14.5. The minimum atomic E-state index is -3.17. The van der Waals surface area contributed by atoms with Crippen LogP contribution in [-0.2, 0) is 25.5 Å². The average molecular weight is 649 g/mol. The number of carbonyl (C=O) groups is 4. The number of Topliss-reactive ketones (excluding diaryl/α,β-unsaturated/α-hetero) is 1. The van der Waals surface area contributed by atoms with E-state index in [2.05, 4.69) is 6.58 Å². The Morgan fingerprint density at radius 3 is 1.79 bits per heavy atom. The smallest absolute Gasteiger partial charge is 0.356 e. The Labute approximate surface area is 274 Å². The topological polar surface area (TPSA) is 127 Å². The van der Waals surface area contributed by atoms with Crippen LogP contribution in [0.5, 0.6) is 0 Å². The molecule has 47 heavy (non-hydrogen) atoms. The number of ether oxygens (including phenoxy) is 1. The summed E-state index contributed by atoms with van der Waals surface area (Å²) >= 11 is 0. The molecule has 0 saturated carbocycles. The summed E-state index contributed by atoms with van der Waals surface area (Å²) in [5, 5.41) is 13.3. The number of aliphatic hydroxyl groups excluding tert-OH is 1. The molecule has 4 aromatic rings. The Morgan fingerprint density at radius 2 is 1.36 bits per heavy atom. The van der Waals surface area contributed by atoms with Crippen LogP contribution in [0.3, 0.4) is 0 Å². The number of hydrogen-bond donors (Lipinski definition) is 2. The number of aliphatic hydroxyl groups is 1. The third-order valence-corrected chi connectivity index (χ3v) is 12.6. The van der Waals surface area contributed by atoms with E-state index in [0.29, 0.717) is 11.1 Å². The molecule has 9 heteroatoms. The first-order valence-electron chi connectivity index (χ1n) is 15.3. The summed E-state index contributed by atoms with van der Waals surface area (Å²) in [4.78, 5) is 55.3. The van der Waals surface area contributed by atoms with Crippen molar-refractivity contribution in [2.45, 2.75) is 31.9 Å². The number of primary amides is 1. The van der Waals surface area contributed by atoms with Gasteiger partial charge < -0.3 is 20.5 Å². The second kappa shape index (κ2) is 14.6. The fourth-order valence-corrected chi connectivity index (χ4v) is 10.7. The van der Waals surface area contributed by atoms with Gasteiger partial charge in [0.2, 0.25) is 11.8 Å². The first kappa shape index (κ1) is 33.3. The van der Waals surface area contributed by atoms with E-state index in [1.165, 1.54) is 17.9 Å². The third kappa shape index (κ3) is 6.61. The second-order valence-corrected chi connectivity index (χ2v) is 14.7. The van der Waals surface area contributed by atoms with Crippen LogP contribution in [0, 0.1) is 5.92 Å². The summed E-state index contributed by atoms with van der Waals surface area (Å²) in [5.41, 5.74) is 6.48. The van der Waals surface area contributed by atoms with Crippen molar-refractivity contribution in [2.75, 3.05) is 6.61 Å². The molecule has 240 valence electrons. The third-order valence-electron chi connectivity index (χ3n) is 8.33. The largest absolute Gasteiger partial charge is 0.457 e. The Bertz CT molecular complexity index is 1720. The molecule has 8 nitrogen and oxygen atoms in total. The van der Waals surface area contributed by atoms with Gasteiger partial charge in [-0.25, -0.2) is 4.79 Å². The Morgan fingerprint density at radius 1 is 0.872 bits per heavy atom. The number of benzene rings is 4. The van der Waals surface area contributed by atoms with Crippen LogP contribution in [0.1, 0.15) is 29.3 Å². The molecular weight excluding hydrogens is 611 g/mol. The van der Waals surface area contributed by atoms with Crippen molar-refractivity contribution >= 4 is 51.8 Å². The normalized spacial score (nSPS) is 16.5. The lowest BCUT2D eigenvalue weighted by atomic mass is 9.79. The number of nitrogens with zero attached hydrogens (tertiary/aromatic N) is 1. The second-order valence-electron chi connectivity index (χ2n) is 11.4. The minimum Gasteiger partial charge on any atom is -0.457 e. The van der Waals surface area contributed by atoms with E-state index in [1.54, 1.807) is 24.3 Å². The van der Waals surface area contributed by atoms with Crippen molar-refractivity contribution in [2.24, 2.45) is 11.7 Å². The summed E-state index contributed by atoms with van der Waals surface area (Å²) in [6.07, 6.45) is 0.257. The van der Waals surface area contributed by atoms with Crippen LogP contribution in [0.2, 0.25) is 0 Å². The van der Waals surface area contributed by atoms with E-state index in [9.17, 15) is 24.3 Å². The maximum atomic E-state index is 14.5. The number of likely N-dealkylation sites (tertiary alicyclic amines) is 1. The fraction of sp³-hybridized carbons (Fsp3) is 0.184. The first-order valence-corrected chi connectivity index (χ1v) is 17.1. The van der Waals surface area contributed by atoms with Gasteiger partial charge >= 0.3 is 5.97 Å². The molecule has 0 aromatic heterocycles. The standard InChI is InChI=1S/C38H37N2O6P/c1-3-23-46-38(45)37(47(29-13-7-4-8-14-29,30-15-9-5-10-16-30)31-17-11-6-12-18-31)40-32(35(26(2)41)36(40)44)25-33(42)28-21-19-27(20-22-28)24-34(39)43/h3-22,26,32,35,41H,1,23-25H2,2H3,(H2,39,43)/t26-,32-,35-/m1/s1. The highest BCUT2D eigenvalue weighted by molar-refractivity contribution is 7.96. The van der Waals surface area contributed by atoms with Crippen LogP contribution in [0.15, 0.2) is 128 Å². The van der Waals surface area contributed by atoms with Crippen LogP contribution in [0.4, 0.5) is 0 Å². The number of amides is 2. The quantitative estimate of drug-likeness (QED) is 0.0753. The molecular formula is C38H37N2O6P. The number of rotatable bonds is 13. The zero-order valence-electron chi connectivity index (χ0n) is 26.1. The lowest BCUT2D eigenvalue weighted by Gasteiger charge is -2.50. The molecule has 1 fully saturated rings. The minimum absolute atomic E-state index is 0.0405. The molecule has 2 amide bonds. The first-order chi connectivity index (χ1) is 22.7. The van der Waals surface area contributed by atoms with E-state index < -0.39 is 42.7 Å². The van der Waals surface area contributed by atoms with Crippen molar-refractivity contribution in [3.8, 4) is 0 Å². The van der Waals surface area contributed by atoms with Gasteiger partial charge in [-0.3, -0.25) is 14.4 Å². The highest BCUT2D eigenvalue weighted by atomic mass is 31.2. The number of β-lactam (4-membered cyclic amide) rings is 1. The van der Waals surface area contributed by atoms with Gasteiger partial charge in [0.15, 0.2) is 5.78 Å². The Kier molecular flexibility index (Phi) is 10.3.